The van der Waals surface area contributed by atoms with Crippen LogP contribution in [0.3, 0.4) is 0 Å². The summed E-state index contributed by atoms with van der Waals surface area (Å²) in [5.41, 5.74) is 4.19. The Morgan fingerprint density at radius 1 is 1.11 bits per heavy atom. The molecule has 0 saturated carbocycles. The zero-order valence-electron chi connectivity index (χ0n) is 11.2. The van der Waals surface area contributed by atoms with Gasteiger partial charge in [-0.3, -0.25) is 0 Å². The smallest absolute Gasteiger partial charge is 0.122 e. The van der Waals surface area contributed by atoms with E-state index in [-0.39, 0.29) is 0 Å². The van der Waals surface area contributed by atoms with Gasteiger partial charge in [-0.25, -0.2) is 0 Å². The van der Waals surface area contributed by atoms with Crippen molar-refractivity contribution in [2.75, 3.05) is 13.7 Å². The van der Waals surface area contributed by atoms with Gasteiger partial charge in [0.1, 0.15) is 5.75 Å². The maximum absolute atomic E-state index is 5.45. The molecule has 98 valence electrons. The van der Waals surface area contributed by atoms with Crippen molar-refractivity contribution in [1.29, 1.82) is 0 Å². The van der Waals surface area contributed by atoms with Gasteiger partial charge in [-0.05, 0) is 29.2 Å². The maximum Gasteiger partial charge on any atom is 0.122 e. The number of hydrogen-bond donors (Lipinski definition) is 1. The highest BCUT2D eigenvalue weighted by Crippen LogP contribution is 2.30. The Bertz CT molecular complexity index is 565. The van der Waals surface area contributed by atoms with Crippen LogP contribution < -0.4 is 10.1 Å². The molecule has 0 radical (unpaired) electrons. The van der Waals surface area contributed by atoms with Gasteiger partial charge in [-0.1, -0.05) is 42.5 Å². The summed E-state index contributed by atoms with van der Waals surface area (Å²) in [6.45, 7) is 2.02. The van der Waals surface area contributed by atoms with Crippen molar-refractivity contribution >= 4 is 0 Å². The zero-order valence-corrected chi connectivity index (χ0v) is 11.2. The van der Waals surface area contributed by atoms with Gasteiger partial charge in [0.25, 0.3) is 0 Å². The predicted octanol–water partition coefficient (Wildman–Crippen LogP) is 3.12. The number of methoxy groups -OCH3 is 1. The van der Waals surface area contributed by atoms with E-state index in [1.165, 1.54) is 16.7 Å². The Morgan fingerprint density at radius 3 is 2.79 bits per heavy atom. The minimum atomic E-state index is 0.529. The number of benzene rings is 2. The highest BCUT2D eigenvalue weighted by Gasteiger charge is 2.20. The zero-order chi connectivity index (χ0) is 13.1. The molecule has 2 aromatic carbocycles. The van der Waals surface area contributed by atoms with Crippen LogP contribution in [0.15, 0.2) is 48.5 Å². The van der Waals surface area contributed by atoms with E-state index in [1.54, 1.807) is 7.11 Å². The number of nitrogens with one attached hydrogen (secondary N) is 1. The first-order valence-electron chi connectivity index (χ1n) is 6.79. The second-order valence-electron chi connectivity index (χ2n) is 5.04. The largest absolute Gasteiger partial charge is 0.496 e. The van der Waals surface area contributed by atoms with Gasteiger partial charge in [0.05, 0.1) is 7.11 Å². The fraction of sp³-hybridized carbons (Fsp3) is 0.294. The van der Waals surface area contributed by atoms with Crippen LogP contribution in [0, 0.1) is 0 Å². The van der Waals surface area contributed by atoms with Crippen LogP contribution in [0.1, 0.15) is 22.6 Å². The highest BCUT2D eigenvalue weighted by molar-refractivity contribution is 5.38. The monoisotopic (exact) mass is 253 g/mol. The second kappa shape index (κ2) is 5.45. The first kappa shape index (κ1) is 12.2. The lowest BCUT2D eigenvalue weighted by molar-refractivity contribution is 0.406. The van der Waals surface area contributed by atoms with E-state index in [4.69, 9.17) is 4.74 Å². The normalized spacial score (nSPS) is 17.8. The molecule has 2 nitrogen and oxygen atoms in total. The van der Waals surface area contributed by atoms with E-state index >= 15 is 0 Å². The fourth-order valence-corrected chi connectivity index (χ4v) is 2.90. The molecule has 0 bridgehead atoms. The summed E-state index contributed by atoms with van der Waals surface area (Å²) in [6, 6.07) is 17.0. The number of rotatable bonds is 3. The Hall–Kier alpha value is -1.80. The van der Waals surface area contributed by atoms with Crippen LogP contribution >= 0.6 is 0 Å². The van der Waals surface area contributed by atoms with Gasteiger partial charge in [0.15, 0.2) is 0 Å². The van der Waals surface area contributed by atoms with Crippen LogP contribution in [0.2, 0.25) is 0 Å². The average molecular weight is 253 g/mol. The van der Waals surface area contributed by atoms with Crippen LogP contribution in [0.5, 0.6) is 5.75 Å². The van der Waals surface area contributed by atoms with E-state index in [0.29, 0.717) is 5.92 Å². The van der Waals surface area contributed by atoms with E-state index in [0.717, 1.165) is 25.3 Å². The van der Waals surface area contributed by atoms with Gasteiger partial charge in [-0.15, -0.1) is 0 Å². The molecule has 1 heterocycles. The molecule has 1 N–H and O–H groups in total. The van der Waals surface area contributed by atoms with Crippen molar-refractivity contribution in [2.45, 2.75) is 18.9 Å². The fourth-order valence-electron chi connectivity index (χ4n) is 2.90. The van der Waals surface area contributed by atoms with Gasteiger partial charge in [-0.2, -0.15) is 0 Å². The third-order valence-electron chi connectivity index (χ3n) is 3.86. The van der Waals surface area contributed by atoms with E-state index in [1.807, 2.05) is 12.1 Å². The quantitative estimate of drug-likeness (QED) is 0.907. The number of para-hydroxylation sites is 1. The number of hydrogen-bond acceptors (Lipinski definition) is 2. The summed E-state index contributed by atoms with van der Waals surface area (Å²) in [5.74, 6) is 1.52. The molecule has 1 aliphatic heterocycles. The van der Waals surface area contributed by atoms with Crippen molar-refractivity contribution in [3.63, 3.8) is 0 Å². The number of ether oxygens (including phenoxy) is 1. The average Bonchev–Trinajstić information content (AvgIpc) is 2.48. The SMILES string of the molecule is COc1ccccc1CC1CNCc2ccccc21. The van der Waals surface area contributed by atoms with Crippen molar-refractivity contribution in [2.24, 2.45) is 0 Å². The molecule has 1 unspecified atom stereocenters. The predicted molar refractivity (Wildman–Crippen MR) is 77.6 cm³/mol. The van der Waals surface area contributed by atoms with Gasteiger partial charge >= 0.3 is 0 Å². The first-order chi connectivity index (χ1) is 9.38. The molecule has 1 aliphatic rings. The Balaban J connectivity index is 1.88. The molecule has 0 spiro atoms. The number of fused-ring (bicyclic) bond motifs is 1. The molecule has 0 aliphatic carbocycles. The summed E-state index contributed by atoms with van der Waals surface area (Å²) in [7, 11) is 1.74. The van der Waals surface area contributed by atoms with Gasteiger partial charge < -0.3 is 10.1 Å². The molecule has 0 amide bonds. The summed E-state index contributed by atoms with van der Waals surface area (Å²) in [6.07, 6.45) is 1.02. The molecule has 3 rings (SSSR count). The summed E-state index contributed by atoms with van der Waals surface area (Å²) < 4.78 is 5.45. The van der Waals surface area contributed by atoms with E-state index in [9.17, 15) is 0 Å². The van der Waals surface area contributed by atoms with Crippen molar-refractivity contribution < 1.29 is 4.74 Å². The van der Waals surface area contributed by atoms with Gasteiger partial charge in [0, 0.05) is 19.0 Å². The highest BCUT2D eigenvalue weighted by atomic mass is 16.5. The minimum Gasteiger partial charge on any atom is -0.496 e. The molecule has 2 aromatic rings. The Labute approximate surface area is 114 Å². The first-order valence-corrected chi connectivity index (χ1v) is 6.79. The molecule has 0 aromatic heterocycles. The third kappa shape index (κ3) is 2.49. The molecule has 2 heteroatoms. The van der Waals surface area contributed by atoms with E-state index < -0.39 is 0 Å². The Morgan fingerprint density at radius 2 is 1.89 bits per heavy atom. The Kier molecular flexibility index (Phi) is 3.51. The molecule has 0 fully saturated rings. The van der Waals surface area contributed by atoms with Gasteiger partial charge in [0.2, 0.25) is 0 Å². The molecule has 19 heavy (non-hydrogen) atoms. The molecular weight excluding hydrogens is 234 g/mol. The standard InChI is InChI=1S/C17H19NO/c1-19-17-9-5-3-6-13(17)10-15-12-18-11-14-7-2-4-8-16(14)15/h2-9,15,18H,10-12H2,1H3. The molecule has 0 saturated heterocycles. The summed E-state index contributed by atoms with van der Waals surface area (Å²) >= 11 is 0. The lowest BCUT2D eigenvalue weighted by Gasteiger charge is -2.27. The van der Waals surface area contributed by atoms with Crippen molar-refractivity contribution in [3.05, 3.63) is 65.2 Å². The second-order valence-corrected chi connectivity index (χ2v) is 5.04. The molecular formula is C17H19NO. The minimum absolute atomic E-state index is 0.529. The van der Waals surface area contributed by atoms with Crippen LogP contribution in [0.4, 0.5) is 0 Å². The van der Waals surface area contributed by atoms with Crippen LogP contribution in [0.25, 0.3) is 0 Å². The maximum atomic E-state index is 5.45. The van der Waals surface area contributed by atoms with Crippen LogP contribution in [-0.2, 0) is 13.0 Å². The summed E-state index contributed by atoms with van der Waals surface area (Å²) in [5, 5.41) is 3.51. The third-order valence-corrected chi connectivity index (χ3v) is 3.86. The van der Waals surface area contributed by atoms with Crippen molar-refractivity contribution in [1.82, 2.24) is 5.32 Å². The lowest BCUT2D eigenvalue weighted by Crippen LogP contribution is -2.29. The lowest BCUT2D eigenvalue weighted by atomic mass is 9.86. The topological polar surface area (TPSA) is 21.3 Å². The van der Waals surface area contributed by atoms with Crippen molar-refractivity contribution in [3.8, 4) is 5.75 Å². The van der Waals surface area contributed by atoms with E-state index in [2.05, 4.69) is 41.7 Å². The summed E-state index contributed by atoms with van der Waals surface area (Å²) in [4.78, 5) is 0. The van der Waals surface area contributed by atoms with Crippen LogP contribution in [-0.4, -0.2) is 13.7 Å². The molecule has 1 atom stereocenters.